The lowest BCUT2D eigenvalue weighted by Crippen LogP contribution is -2.09. The predicted molar refractivity (Wildman–Crippen MR) is 39.6 cm³/mol. The van der Waals surface area contributed by atoms with Gasteiger partial charge in [-0.2, -0.15) is 0 Å². The Morgan fingerprint density at radius 2 is 2.33 bits per heavy atom. The number of hydrogen-bond acceptors (Lipinski definition) is 2. The van der Waals surface area contributed by atoms with Crippen molar-refractivity contribution in [2.75, 3.05) is 27.3 Å². The largest absolute Gasteiger partial charge is 0.380 e. The van der Waals surface area contributed by atoms with Crippen molar-refractivity contribution in [2.45, 2.75) is 6.42 Å². The van der Waals surface area contributed by atoms with Gasteiger partial charge in [0, 0.05) is 7.11 Å². The second kappa shape index (κ2) is 5.79. The van der Waals surface area contributed by atoms with Crippen LogP contribution in [-0.2, 0) is 4.74 Å². The van der Waals surface area contributed by atoms with Crippen LogP contribution >= 0.6 is 0 Å². The second-order valence-electron chi connectivity index (χ2n) is 2.04. The Labute approximate surface area is 56.9 Å². The van der Waals surface area contributed by atoms with E-state index in [2.05, 4.69) is 11.9 Å². The third-order valence-corrected chi connectivity index (χ3v) is 1.08. The molecule has 0 amide bonds. The number of ether oxygens (including phenoxy) is 1. The fraction of sp³-hybridized carbons (Fsp3) is 0.714. The zero-order chi connectivity index (χ0) is 7.11. The van der Waals surface area contributed by atoms with E-state index < -0.39 is 0 Å². The molecule has 0 saturated heterocycles. The van der Waals surface area contributed by atoms with Crippen LogP contribution in [0.1, 0.15) is 6.42 Å². The maximum Gasteiger partial charge on any atom is 0.0670 e. The first-order chi connectivity index (χ1) is 4.31. The smallest absolute Gasteiger partial charge is 0.0670 e. The van der Waals surface area contributed by atoms with Gasteiger partial charge in [-0.3, -0.25) is 0 Å². The fourth-order valence-electron chi connectivity index (χ4n) is 0.578. The van der Waals surface area contributed by atoms with Crippen molar-refractivity contribution in [3.05, 3.63) is 12.2 Å². The summed E-state index contributed by atoms with van der Waals surface area (Å²) in [6.07, 6.45) is 1.00. The summed E-state index contributed by atoms with van der Waals surface area (Å²) in [4.78, 5) is 0. The van der Waals surface area contributed by atoms with E-state index in [1.54, 1.807) is 7.11 Å². The predicted octanol–water partition coefficient (Wildman–Crippen LogP) is 0.798. The number of rotatable bonds is 5. The minimum atomic E-state index is 0.682. The molecule has 0 spiro atoms. The van der Waals surface area contributed by atoms with Gasteiger partial charge in [0.2, 0.25) is 0 Å². The van der Waals surface area contributed by atoms with E-state index in [1.165, 1.54) is 0 Å². The van der Waals surface area contributed by atoms with Crippen molar-refractivity contribution < 1.29 is 4.74 Å². The second-order valence-corrected chi connectivity index (χ2v) is 2.04. The molecular weight excluding hydrogens is 114 g/mol. The van der Waals surface area contributed by atoms with Gasteiger partial charge in [0.1, 0.15) is 0 Å². The summed E-state index contributed by atoms with van der Waals surface area (Å²) in [6, 6.07) is 0. The van der Waals surface area contributed by atoms with Crippen molar-refractivity contribution in [2.24, 2.45) is 0 Å². The lowest BCUT2D eigenvalue weighted by atomic mass is 10.2. The summed E-state index contributed by atoms with van der Waals surface area (Å²) in [6.45, 7) is 5.49. The molecule has 0 saturated carbocycles. The highest BCUT2D eigenvalue weighted by Gasteiger charge is 1.89. The minimum Gasteiger partial charge on any atom is -0.380 e. The molecule has 0 atom stereocenters. The SMILES string of the molecule is C=C(CCNC)COC. The summed E-state index contributed by atoms with van der Waals surface area (Å²) < 4.78 is 4.87. The van der Waals surface area contributed by atoms with Gasteiger partial charge < -0.3 is 10.1 Å². The molecule has 0 heterocycles. The zero-order valence-corrected chi connectivity index (χ0v) is 6.24. The van der Waals surface area contributed by atoms with E-state index in [9.17, 15) is 0 Å². The van der Waals surface area contributed by atoms with Crippen LogP contribution in [0.25, 0.3) is 0 Å². The molecule has 0 aliphatic heterocycles. The Hall–Kier alpha value is -0.340. The standard InChI is InChI=1S/C7H15NO/c1-7(6-9-3)4-5-8-2/h8H,1,4-6H2,2-3H3. The molecule has 54 valence electrons. The first-order valence-electron chi connectivity index (χ1n) is 3.11. The molecule has 0 radical (unpaired) electrons. The van der Waals surface area contributed by atoms with Crippen molar-refractivity contribution in [3.63, 3.8) is 0 Å². The van der Waals surface area contributed by atoms with Crippen LogP contribution in [0, 0.1) is 0 Å². The molecule has 0 aliphatic carbocycles. The lowest BCUT2D eigenvalue weighted by Gasteiger charge is -2.01. The van der Waals surface area contributed by atoms with Crippen molar-refractivity contribution in [3.8, 4) is 0 Å². The van der Waals surface area contributed by atoms with Gasteiger partial charge in [0.05, 0.1) is 6.61 Å². The number of methoxy groups -OCH3 is 1. The van der Waals surface area contributed by atoms with Crippen molar-refractivity contribution in [1.82, 2.24) is 5.32 Å². The van der Waals surface area contributed by atoms with Gasteiger partial charge in [0.15, 0.2) is 0 Å². The average molecular weight is 129 g/mol. The van der Waals surface area contributed by atoms with E-state index in [1.807, 2.05) is 7.05 Å². The molecule has 0 aromatic carbocycles. The molecule has 0 unspecified atom stereocenters. The molecule has 0 aliphatic rings. The van der Waals surface area contributed by atoms with Crippen LogP contribution in [0.15, 0.2) is 12.2 Å². The van der Waals surface area contributed by atoms with E-state index in [-0.39, 0.29) is 0 Å². The van der Waals surface area contributed by atoms with E-state index in [0.717, 1.165) is 18.5 Å². The summed E-state index contributed by atoms with van der Waals surface area (Å²) in [7, 11) is 3.62. The van der Waals surface area contributed by atoms with Gasteiger partial charge in [-0.25, -0.2) is 0 Å². The lowest BCUT2D eigenvalue weighted by molar-refractivity contribution is 0.223. The summed E-state index contributed by atoms with van der Waals surface area (Å²) >= 11 is 0. The molecule has 0 fully saturated rings. The van der Waals surface area contributed by atoms with Crippen LogP contribution < -0.4 is 5.32 Å². The molecule has 9 heavy (non-hydrogen) atoms. The third-order valence-electron chi connectivity index (χ3n) is 1.08. The fourth-order valence-corrected chi connectivity index (χ4v) is 0.578. The Morgan fingerprint density at radius 1 is 1.67 bits per heavy atom. The summed E-state index contributed by atoms with van der Waals surface area (Å²) in [5, 5.41) is 3.04. The maximum absolute atomic E-state index is 4.87. The Balaban J connectivity index is 3.06. The molecule has 2 heteroatoms. The Kier molecular flexibility index (Phi) is 5.57. The summed E-state index contributed by atoms with van der Waals surface area (Å²) in [5.41, 5.74) is 1.15. The van der Waals surface area contributed by atoms with Gasteiger partial charge in [-0.1, -0.05) is 12.2 Å². The summed E-state index contributed by atoms with van der Waals surface area (Å²) in [5.74, 6) is 0. The maximum atomic E-state index is 4.87. The Morgan fingerprint density at radius 3 is 2.78 bits per heavy atom. The van der Waals surface area contributed by atoms with Gasteiger partial charge in [-0.15, -0.1) is 0 Å². The molecule has 0 aromatic heterocycles. The highest BCUT2D eigenvalue weighted by atomic mass is 16.5. The van der Waals surface area contributed by atoms with Gasteiger partial charge >= 0.3 is 0 Å². The Bertz CT molecular complexity index is 81.0. The van der Waals surface area contributed by atoms with Crippen molar-refractivity contribution in [1.29, 1.82) is 0 Å². The molecule has 0 rings (SSSR count). The average Bonchev–Trinajstić information content (AvgIpc) is 1.85. The molecule has 1 N–H and O–H groups in total. The molecule has 0 aromatic rings. The van der Waals surface area contributed by atoms with Crippen molar-refractivity contribution >= 4 is 0 Å². The molecule has 2 nitrogen and oxygen atoms in total. The van der Waals surface area contributed by atoms with Gasteiger partial charge in [-0.05, 0) is 20.0 Å². The monoisotopic (exact) mass is 129 g/mol. The van der Waals surface area contributed by atoms with E-state index in [4.69, 9.17) is 4.74 Å². The number of hydrogen-bond donors (Lipinski definition) is 1. The van der Waals surface area contributed by atoms with Crippen LogP contribution in [0.3, 0.4) is 0 Å². The normalized spacial score (nSPS) is 9.56. The van der Waals surface area contributed by atoms with Crippen LogP contribution in [0.2, 0.25) is 0 Å². The van der Waals surface area contributed by atoms with E-state index >= 15 is 0 Å². The van der Waals surface area contributed by atoms with Crippen LogP contribution in [0.4, 0.5) is 0 Å². The quantitative estimate of drug-likeness (QED) is 0.554. The zero-order valence-electron chi connectivity index (χ0n) is 6.24. The first kappa shape index (κ1) is 8.66. The molecule has 0 bridgehead atoms. The van der Waals surface area contributed by atoms with Crippen LogP contribution in [0.5, 0.6) is 0 Å². The van der Waals surface area contributed by atoms with Gasteiger partial charge in [0.25, 0.3) is 0 Å². The molecular formula is C7H15NO. The topological polar surface area (TPSA) is 21.3 Å². The van der Waals surface area contributed by atoms with E-state index in [0.29, 0.717) is 6.61 Å². The first-order valence-corrected chi connectivity index (χ1v) is 3.11. The third kappa shape index (κ3) is 5.53. The highest BCUT2D eigenvalue weighted by Crippen LogP contribution is 1.94. The van der Waals surface area contributed by atoms with Crippen LogP contribution in [-0.4, -0.2) is 27.3 Å². The highest BCUT2D eigenvalue weighted by molar-refractivity contribution is 4.94. The minimum absolute atomic E-state index is 0.682. The number of nitrogens with one attached hydrogen (secondary N) is 1.